The van der Waals surface area contributed by atoms with E-state index < -0.39 is 10.0 Å². The standard InChI is InChI=1S/C23H32N4O3S/c1-19-9-11-26(12-10-19)22(20-5-3-2-4-6-20)18-25-23-8-7-21(17-24-23)31(28,29)27-13-15-30-16-14-27/h2-8,17,19,22H,9-16,18H2,1H3,(H,24,25). The van der Waals surface area contributed by atoms with E-state index in [1.54, 1.807) is 12.1 Å². The Bertz CT molecular complexity index is 923. The molecule has 0 saturated carbocycles. The highest BCUT2D eigenvalue weighted by molar-refractivity contribution is 7.89. The van der Waals surface area contributed by atoms with Gasteiger partial charge in [-0.3, -0.25) is 4.90 Å². The summed E-state index contributed by atoms with van der Waals surface area (Å²) in [6.07, 6.45) is 3.89. The maximum atomic E-state index is 12.8. The minimum atomic E-state index is -3.52. The summed E-state index contributed by atoms with van der Waals surface area (Å²) in [4.78, 5) is 7.16. The van der Waals surface area contributed by atoms with Crippen LogP contribution in [0.25, 0.3) is 0 Å². The topological polar surface area (TPSA) is 74.8 Å². The molecule has 8 heteroatoms. The zero-order valence-corrected chi connectivity index (χ0v) is 18.9. The zero-order valence-electron chi connectivity index (χ0n) is 18.1. The highest BCUT2D eigenvalue weighted by Crippen LogP contribution is 2.27. The molecule has 1 N–H and O–H groups in total. The number of likely N-dealkylation sites (tertiary alicyclic amines) is 1. The van der Waals surface area contributed by atoms with E-state index in [1.165, 1.54) is 28.9 Å². The SMILES string of the molecule is CC1CCN(C(CNc2ccc(S(=O)(=O)N3CCOCC3)cn2)c2ccccc2)CC1. The van der Waals surface area contributed by atoms with E-state index in [9.17, 15) is 8.42 Å². The van der Waals surface area contributed by atoms with Crippen LogP contribution >= 0.6 is 0 Å². The molecule has 0 bridgehead atoms. The van der Waals surface area contributed by atoms with Gasteiger partial charge in [0.1, 0.15) is 10.7 Å². The quantitative estimate of drug-likeness (QED) is 0.708. The number of hydrogen-bond acceptors (Lipinski definition) is 6. The third-order valence-electron chi connectivity index (χ3n) is 6.26. The van der Waals surface area contributed by atoms with Crippen molar-refractivity contribution in [3.63, 3.8) is 0 Å². The average Bonchev–Trinajstić information content (AvgIpc) is 2.82. The average molecular weight is 445 g/mol. The molecule has 1 atom stereocenters. The predicted octanol–water partition coefficient (Wildman–Crippen LogP) is 2.99. The summed E-state index contributed by atoms with van der Waals surface area (Å²) >= 11 is 0. The second kappa shape index (κ2) is 10.1. The minimum Gasteiger partial charge on any atom is -0.379 e. The fourth-order valence-corrected chi connectivity index (χ4v) is 5.60. The first-order chi connectivity index (χ1) is 15.0. The Morgan fingerprint density at radius 3 is 2.42 bits per heavy atom. The lowest BCUT2D eigenvalue weighted by molar-refractivity contribution is 0.0730. The van der Waals surface area contributed by atoms with Gasteiger partial charge in [-0.15, -0.1) is 0 Å². The van der Waals surface area contributed by atoms with Crippen molar-refractivity contribution in [1.29, 1.82) is 0 Å². The van der Waals surface area contributed by atoms with E-state index in [0.717, 1.165) is 25.6 Å². The van der Waals surface area contributed by atoms with Gasteiger partial charge in [0.25, 0.3) is 0 Å². The fourth-order valence-electron chi connectivity index (χ4n) is 4.25. The molecule has 2 aliphatic heterocycles. The number of benzene rings is 1. The monoisotopic (exact) mass is 444 g/mol. The summed E-state index contributed by atoms with van der Waals surface area (Å²) in [5, 5.41) is 3.43. The van der Waals surface area contributed by atoms with Gasteiger partial charge in [0.2, 0.25) is 10.0 Å². The Morgan fingerprint density at radius 1 is 1.06 bits per heavy atom. The molecule has 3 heterocycles. The Kier molecular flexibility index (Phi) is 7.22. The highest BCUT2D eigenvalue weighted by atomic mass is 32.2. The van der Waals surface area contributed by atoms with Crippen molar-refractivity contribution in [2.75, 3.05) is 51.3 Å². The van der Waals surface area contributed by atoms with Crippen LogP contribution in [-0.4, -0.2) is 68.5 Å². The minimum absolute atomic E-state index is 0.226. The van der Waals surface area contributed by atoms with Gasteiger partial charge in [0, 0.05) is 25.8 Å². The van der Waals surface area contributed by atoms with E-state index >= 15 is 0 Å². The molecule has 1 aromatic heterocycles. The molecular formula is C23H32N4O3S. The van der Waals surface area contributed by atoms with Gasteiger partial charge in [-0.2, -0.15) is 4.31 Å². The number of aromatic nitrogens is 1. The van der Waals surface area contributed by atoms with Gasteiger partial charge < -0.3 is 10.1 Å². The molecule has 0 aliphatic carbocycles. The van der Waals surface area contributed by atoms with E-state index in [1.807, 2.05) is 6.07 Å². The van der Waals surface area contributed by atoms with Gasteiger partial charge >= 0.3 is 0 Å². The third-order valence-corrected chi connectivity index (χ3v) is 8.15. The van der Waals surface area contributed by atoms with Crippen LogP contribution in [0.15, 0.2) is 53.6 Å². The molecular weight excluding hydrogens is 412 g/mol. The van der Waals surface area contributed by atoms with Crippen LogP contribution < -0.4 is 5.32 Å². The lowest BCUT2D eigenvalue weighted by atomic mass is 9.95. The van der Waals surface area contributed by atoms with Crippen molar-refractivity contribution in [2.45, 2.75) is 30.7 Å². The number of sulfonamides is 1. The first-order valence-corrected chi connectivity index (χ1v) is 12.5. The van der Waals surface area contributed by atoms with Crippen LogP contribution in [0.1, 0.15) is 31.4 Å². The summed E-state index contributed by atoms with van der Waals surface area (Å²) in [5.41, 5.74) is 1.29. The van der Waals surface area contributed by atoms with Crippen LogP contribution in [0, 0.1) is 5.92 Å². The molecule has 4 rings (SSSR count). The number of hydrogen-bond donors (Lipinski definition) is 1. The molecule has 0 spiro atoms. The number of anilines is 1. The lowest BCUT2D eigenvalue weighted by Gasteiger charge is -2.37. The van der Waals surface area contributed by atoms with Crippen molar-refractivity contribution in [3.8, 4) is 0 Å². The Balaban J connectivity index is 1.43. The van der Waals surface area contributed by atoms with Gasteiger partial charge in [-0.05, 0) is 49.5 Å². The van der Waals surface area contributed by atoms with E-state index in [4.69, 9.17) is 4.74 Å². The van der Waals surface area contributed by atoms with Crippen LogP contribution in [0.3, 0.4) is 0 Å². The number of ether oxygens (including phenoxy) is 1. The Morgan fingerprint density at radius 2 is 1.77 bits per heavy atom. The van der Waals surface area contributed by atoms with Gasteiger partial charge in [0.05, 0.1) is 19.3 Å². The van der Waals surface area contributed by atoms with E-state index in [-0.39, 0.29) is 10.9 Å². The van der Waals surface area contributed by atoms with Crippen LogP contribution in [0.5, 0.6) is 0 Å². The number of nitrogens with one attached hydrogen (secondary N) is 1. The maximum Gasteiger partial charge on any atom is 0.244 e. The molecule has 0 amide bonds. The molecule has 7 nitrogen and oxygen atoms in total. The zero-order chi connectivity index (χ0) is 21.7. The number of nitrogens with zero attached hydrogens (tertiary/aromatic N) is 3. The lowest BCUT2D eigenvalue weighted by Crippen LogP contribution is -2.40. The van der Waals surface area contributed by atoms with Crippen molar-refractivity contribution in [3.05, 3.63) is 54.2 Å². The largest absolute Gasteiger partial charge is 0.379 e. The summed E-state index contributed by atoms with van der Waals surface area (Å²) in [7, 11) is -3.52. The molecule has 1 aromatic carbocycles. The molecule has 2 saturated heterocycles. The molecule has 168 valence electrons. The Hall–Kier alpha value is -2.00. The summed E-state index contributed by atoms with van der Waals surface area (Å²) < 4.78 is 32.3. The van der Waals surface area contributed by atoms with Gasteiger partial charge in [-0.1, -0.05) is 37.3 Å². The number of piperidine rings is 1. The summed E-state index contributed by atoms with van der Waals surface area (Å²) in [6, 6.07) is 14.2. The second-order valence-electron chi connectivity index (χ2n) is 8.42. The fraction of sp³-hybridized carbons (Fsp3) is 0.522. The predicted molar refractivity (Wildman–Crippen MR) is 121 cm³/mol. The number of rotatable bonds is 7. The number of morpholine rings is 1. The van der Waals surface area contributed by atoms with Crippen molar-refractivity contribution < 1.29 is 13.2 Å². The van der Waals surface area contributed by atoms with Crippen LogP contribution in [-0.2, 0) is 14.8 Å². The van der Waals surface area contributed by atoms with E-state index in [2.05, 4.69) is 46.4 Å². The molecule has 31 heavy (non-hydrogen) atoms. The first kappa shape index (κ1) is 22.2. The third kappa shape index (κ3) is 5.44. The molecule has 2 aromatic rings. The summed E-state index contributed by atoms with van der Waals surface area (Å²) in [5.74, 6) is 1.47. The Labute approximate surface area is 185 Å². The molecule has 1 unspecified atom stereocenters. The first-order valence-electron chi connectivity index (χ1n) is 11.1. The molecule has 2 aliphatic rings. The van der Waals surface area contributed by atoms with Crippen LogP contribution in [0.4, 0.5) is 5.82 Å². The van der Waals surface area contributed by atoms with Gasteiger partial charge in [0.15, 0.2) is 0 Å². The number of pyridine rings is 1. The molecule has 0 radical (unpaired) electrons. The van der Waals surface area contributed by atoms with Crippen molar-refractivity contribution >= 4 is 15.8 Å². The highest BCUT2D eigenvalue weighted by Gasteiger charge is 2.27. The second-order valence-corrected chi connectivity index (χ2v) is 10.4. The van der Waals surface area contributed by atoms with E-state index in [0.29, 0.717) is 32.1 Å². The van der Waals surface area contributed by atoms with Crippen molar-refractivity contribution in [2.24, 2.45) is 5.92 Å². The smallest absolute Gasteiger partial charge is 0.244 e. The van der Waals surface area contributed by atoms with Crippen molar-refractivity contribution in [1.82, 2.24) is 14.2 Å². The molecule has 2 fully saturated rings. The maximum absolute atomic E-state index is 12.8. The normalized spacial score (nSPS) is 20.4. The summed E-state index contributed by atoms with van der Waals surface area (Å²) in [6.45, 7) is 6.86. The van der Waals surface area contributed by atoms with Gasteiger partial charge in [-0.25, -0.2) is 13.4 Å². The van der Waals surface area contributed by atoms with Crippen LogP contribution in [0.2, 0.25) is 0 Å².